The van der Waals surface area contributed by atoms with Crippen molar-refractivity contribution in [2.75, 3.05) is 18.4 Å². The number of anilines is 1. The molecule has 0 aliphatic carbocycles. The van der Waals surface area contributed by atoms with E-state index in [1.54, 1.807) is 24.3 Å². The van der Waals surface area contributed by atoms with Crippen molar-refractivity contribution in [3.8, 4) is 6.07 Å². The molecule has 1 atom stereocenters. The number of amides is 1. The average molecular weight is 310 g/mol. The second kappa shape index (κ2) is 6.63. The zero-order chi connectivity index (χ0) is 16.2. The number of aryl methyl sites for hydroxylation is 1. The van der Waals surface area contributed by atoms with E-state index in [0.717, 1.165) is 30.8 Å². The minimum atomic E-state index is -0.125. The van der Waals surface area contributed by atoms with E-state index in [0.29, 0.717) is 11.3 Å². The normalized spacial score (nSPS) is 17.8. The summed E-state index contributed by atoms with van der Waals surface area (Å²) in [6, 6.07) is 11.1. The quantitative estimate of drug-likeness (QED) is 0.938. The number of carbonyl (C=O) groups excluding carboxylic acids is 1. The Balaban J connectivity index is 1.66. The molecule has 6 heteroatoms. The van der Waals surface area contributed by atoms with Gasteiger partial charge >= 0.3 is 0 Å². The molecule has 1 N–H and O–H groups in total. The third-order valence-corrected chi connectivity index (χ3v) is 4.02. The predicted octanol–water partition coefficient (Wildman–Crippen LogP) is 2.63. The molecule has 1 aliphatic heterocycles. The summed E-state index contributed by atoms with van der Waals surface area (Å²) in [5.74, 6) is 0.652. The van der Waals surface area contributed by atoms with Crippen molar-refractivity contribution in [1.29, 1.82) is 5.26 Å². The first-order chi connectivity index (χ1) is 11.2. The Bertz CT molecular complexity index is 747. The molecular weight excluding hydrogens is 292 g/mol. The number of para-hydroxylation sites is 1. The molecule has 0 unspecified atom stereocenters. The molecule has 1 saturated heterocycles. The molecule has 1 aromatic heterocycles. The molecule has 3 rings (SSSR count). The highest BCUT2D eigenvalue weighted by molar-refractivity contribution is 5.93. The molecule has 1 amide bonds. The molecule has 118 valence electrons. The molecule has 23 heavy (non-hydrogen) atoms. The highest BCUT2D eigenvalue weighted by atomic mass is 16.5. The van der Waals surface area contributed by atoms with Crippen LogP contribution in [0.15, 0.2) is 34.9 Å². The summed E-state index contributed by atoms with van der Waals surface area (Å²) in [5, 5.41) is 16.0. The summed E-state index contributed by atoms with van der Waals surface area (Å²) < 4.78 is 5.14. The lowest BCUT2D eigenvalue weighted by atomic mass is 10.1. The van der Waals surface area contributed by atoms with E-state index in [1.165, 1.54) is 0 Å². The third kappa shape index (κ3) is 3.41. The maximum Gasteiger partial charge on any atom is 0.238 e. The molecular formula is C17H18N4O2. The first-order valence-electron chi connectivity index (χ1n) is 7.63. The van der Waals surface area contributed by atoms with E-state index in [4.69, 9.17) is 9.78 Å². The summed E-state index contributed by atoms with van der Waals surface area (Å²) in [6.45, 7) is 2.99. The highest BCUT2D eigenvalue weighted by Gasteiger charge is 2.29. The van der Waals surface area contributed by atoms with Gasteiger partial charge in [0.15, 0.2) is 0 Å². The van der Waals surface area contributed by atoms with Gasteiger partial charge in [0.2, 0.25) is 5.91 Å². The van der Waals surface area contributed by atoms with Gasteiger partial charge in [0.25, 0.3) is 0 Å². The number of hydrogen-bond donors (Lipinski definition) is 1. The molecule has 1 fully saturated rings. The fraction of sp³-hybridized carbons (Fsp3) is 0.353. The number of carbonyl (C=O) groups is 1. The maximum atomic E-state index is 12.3. The van der Waals surface area contributed by atoms with Gasteiger partial charge in [-0.25, -0.2) is 0 Å². The Morgan fingerprint density at radius 1 is 1.52 bits per heavy atom. The van der Waals surface area contributed by atoms with Crippen LogP contribution in [0.3, 0.4) is 0 Å². The summed E-state index contributed by atoms with van der Waals surface area (Å²) in [6.07, 6.45) is 1.99. The van der Waals surface area contributed by atoms with Crippen molar-refractivity contribution in [1.82, 2.24) is 10.1 Å². The first kappa shape index (κ1) is 15.3. The lowest BCUT2D eigenvalue weighted by molar-refractivity contribution is -0.117. The van der Waals surface area contributed by atoms with E-state index < -0.39 is 0 Å². The third-order valence-electron chi connectivity index (χ3n) is 4.02. The predicted molar refractivity (Wildman–Crippen MR) is 84.6 cm³/mol. The molecule has 1 aromatic carbocycles. The highest BCUT2D eigenvalue weighted by Crippen LogP contribution is 2.31. The Hall–Kier alpha value is -2.65. The Labute approximate surface area is 134 Å². The van der Waals surface area contributed by atoms with Gasteiger partial charge in [-0.05, 0) is 38.4 Å². The number of nitrogens with zero attached hydrogens (tertiary/aromatic N) is 3. The molecule has 6 nitrogen and oxygen atoms in total. The minimum Gasteiger partial charge on any atom is -0.361 e. The van der Waals surface area contributed by atoms with Crippen molar-refractivity contribution in [2.45, 2.75) is 25.8 Å². The monoisotopic (exact) mass is 310 g/mol. The number of aromatic nitrogens is 1. The van der Waals surface area contributed by atoms with Crippen molar-refractivity contribution in [3.63, 3.8) is 0 Å². The van der Waals surface area contributed by atoms with Crippen LogP contribution in [0.1, 0.15) is 35.9 Å². The van der Waals surface area contributed by atoms with Crippen molar-refractivity contribution >= 4 is 11.6 Å². The Morgan fingerprint density at radius 3 is 3.09 bits per heavy atom. The number of hydrogen-bond acceptors (Lipinski definition) is 5. The molecule has 0 radical (unpaired) electrons. The SMILES string of the molecule is Cc1cc([C@H]2CCCN2CC(=O)Nc2ccccc2C#N)no1. The fourth-order valence-electron chi connectivity index (χ4n) is 2.96. The molecule has 2 heterocycles. The first-order valence-corrected chi connectivity index (χ1v) is 7.63. The van der Waals surface area contributed by atoms with Crippen LogP contribution in [0.5, 0.6) is 0 Å². The van der Waals surface area contributed by atoms with Crippen LogP contribution >= 0.6 is 0 Å². The van der Waals surface area contributed by atoms with Crippen LogP contribution in [0.2, 0.25) is 0 Å². The Morgan fingerprint density at radius 2 is 2.35 bits per heavy atom. The lowest BCUT2D eigenvalue weighted by Crippen LogP contribution is -2.33. The fourth-order valence-corrected chi connectivity index (χ4v) is 2.96. The number of nitriles is 1. The smallest absolute Gasteiger partial charge is 0.238 e. The van der Waals surface area contributed by atoms with Crippen LogP contribution in [0, 0.1) is 18.3 Å². The van der Waals surface area contributed by atoms with Gasteiger partial charge in [0.1, 0.15) is 17.5 Å². The topological polar surface area (TPSA) is 82.2 Å². The number of nitrogens with one attached hydrogen (secondary N) is 1. The lowest BCUT2D eigenvalue weighted by Gasteiger charge is -2.22. The average Bonchev–Trinajstić information content (AvgIpc) is 3.16. The van der Waals surface area contributed by atoms with Gasteiger partial charge in [-0.1, -0.05) is 17.3 Å². The van der Waals surface area contributed by atoms with Crippen LogP contribution in [0.25, 0.3) is 0 Å². The van der Waals surface area contributed by atoms with Gasteiger partial charge in [0.05, 0.1) is 23.8 Å². The van der Waals surface area contributed by atoms with Gasteiger partial charge in [-0.15, -0.1) is 0 Å². The van der Waals surface area contributed by atoms with Crippen LogP contribution in [0.4, 0.5) is 5.69 Å². The van der Waals surface area contributed by atoms with Gasteiger partial charge in [0, 0.05) is 6.07 Å². The van der Waals surface area contributed by atoms with Crippen LogP contribution in [-0.4, -0.2) is 29.1 Å². The van der Waals surface area contributed by atoms with Crippen molar-refractivity contribution < 1.29 is 9.32 Å². The number of benzene rings is 1. The van der Waals surface area contributed by atoms with Crippen molar-refractivity contribution in [3.05, 3.63) is 47.3 Å². The van der Waals surface area contributed by atoms with Gasteiger partial charge in [-0.3, -0.25) is 9.69 Å². The van der Waals surface area contributed by atoms with Crippen LogP contribution < -0.4 is 5.32 Å². The van der Waals surface area contributed by atoms with Gasteiger partial charge < -0.3 is 9.84 Å². The molecule has 1 aliphatic rings. The van der Waals surface area contributed by atoms with Crippen LogP contribution in [-0.2, 0) is 4.79 Å². The van der Waals surface area contributed by atoms with E-state index in [2.05, 4.69) is 21.4 Å². The number of likely N-dealkylation sites (tertiary alicyclic amines) is 1. The number of rotatable bonds is 4. The zero-order valence-corrected chi connectivity index (χ0v) is 13.0. The van der Waals surface area contributed by atoms with E-state index >= 15 is 0 Å². The summed E-state index contributed by atoms with van der Waals surface area (Å²) in [7, 11) is 0. The second-order valence-electron chi connectivity index (χ2n) is 5.70. The van der Waals surface area contributed by atoms with E-state index in [1.807, 2.05) is 13.0 Å². The molecule has 0 spiro atoms. The van der Waals surface area contributed by atoms with Crippen molar-refractivity contribution in [2.24, 2.45) is 0 Å². The zero-order valence-electron chi connectivity index (χ0n) is 13.0. The molecule has 0 saturated carbocycles. The molecule has 0 bridgehead atoms. The summed E-state index contributed by atoms with van der Waals surface area (Å²) >= 11 is 0. The molecule has 2 aromatic rings. The minimum absolute atomic E-state index is 0.115. The summed E-state index contributed by atoms with van der Waals surface area (Å²) in [4.78, 5) is 14.4. The second-order valence-corrected chi connectivity index (χ2v) is 5.70. The standard InChI is InChI=1S/C17H18N4O2/c1-12-9-15(20-23-12)16-7-4-8-21(16)11-17(22)19-14-6-3-2-5-13(14)10-18/h2-3,5-6,9,16H,4,7-8,11H2,1H3,(H,19,22)/t16-/m1/s1. The summed E-state index contributed by atoms with van der Waals surface area (Å²) in [5.41, 5.74) is 1.89. The van der Waals surface area contributed by atoms with E-state index in [-0.39, 0.29) is 18.5 Å². The van der Waals surface area contributed by atoms with E-state index in [9.17, 15) is 4.79 Å². The van der Waals surface area contributed by atoms with Gasteiger partial charge in [-0.2, -0.15) is 5.26 Å². The largest absolute Gasteiger partial charge is 0.361 e. The maximum absolute atomic E-state index is 12.3. The Kier molecular flexibility index (Phi) is 4.40.